The molecule has 1 saturated heterocycles. The third kappa shape index (κ3) is 3.64. The quantitative estimate of drug-likeness (QED) is 0.552. The first-order valence-electron chi connectivity index (χ1n) is 8.66. The Morgan fingerprint density at radius 3 is 2.81 bits per heavy atom. The average Bonchev–Trinajstić information content (AvgIpc) is 3.13. The number of benzene rings is 1. The lowest BCUT2D eigenvalue weighted by molar-refractivity contribution is -0.129. The number of hydrogen-bond donors (Lipinski definition) is 1. The Kier molecular flexibility index (Phi) is 4.77. The number of hydrogen-bond acceptors (Lipinski definition) is 5. The first-order chi connectivity index (χ1) is 13.1. The zero-order valence-electron chi connectivity index (χ0n) is 14.4. The van der Waals surface area contributed by atoms with Gasteiger partial charge in [-0.25, -0.2) is 9.97 Å². The fourth-order valence-corrected chi connectivity index (χ4v) is 3.34. The number of nitrogens with zero attached hydrogens (tertiary/aromatic N) is 3. The van der Waals surface area contributed by atoms with Gasteiger partial charge in [-0.1, -0.05) is 29.8 Å². The van der Waals surface area contributed by atoms with Crippen LogP contribution in [0.15, 0.2) is 42.9 Å². The van der Waals surface area contributed by atoms with Gasteiger partial charge in [0.2, 0.25) is 0 Å². The number of rotatable bonds is 4. The molecule has 1 atom stereocenters. The van der Waals surface area contributed by atoms with Crippen LogP contribution >= 0.6 is 11.6 Å². The van der Waals surface area contributed by atoms with Crippen molar-refractivity contribution in [2.24, 2.45) is 0 Å². The second kappa shape index (κ2) is 7.36. The second-order valence-electron chi connectivity index (χ2n) is 6.39. The number of halogens is 1. The Morgan fingerprint density at radius 1 is 1.22 bits per heavy atom. The smallest absolute Gasteiger partial charge is 0.316 e. The molecule has 1 unspecified atom stereocenters. The van der Waals surface area contributed by atoms with Crippen LogP contribution < -0.4 is 4.74 Å². The van der Waals surface area contributed by atoms with Crippen molar-refractivity contribution in [3.8, 4) is 6.01 Å². The van der Waals surface area contributed by atoms with Crippen LogP contribution in [0.3, 0.4) is 0 Å². The van der Waals surface area contributed by atoms with Crippen molar-refractivity contribution in [3.05, 3.63) is 53.4 Å². The molecule has 1 aliphatic rings. The third-order valence-electron chi connectivity index (χ3n) is 4.56. The summed E-state index contributed by atoms with van der Waals surface area (Å²) in [6, 6.07) is 7.62. The molecule has 3 heterocycles. The minimum atomic E-state index is -0.523. The van der Waals surface area contributed by atoms with Crippen LogP contribution in [0, 0.1) is 0 Å². The predicted molar refractivity (Wildman–Crippen MR) is 99.9 cm³/mol. The van der Waals surface area contributed by atoms with Crippen molar-refractivity contribution in [3.63, 3.8) is 0 Å². The van der Waals surface area contributed by atoms with Gasteiger partial charge in [-0.05, 0) is 18.9 Å². The summed E-state index contributed by atoms with van der Waals surface area (Å²) < 4.78 is 5.74. The van der Waals surface area contributed by atoms with E-state index in [0.717, 1.165) is 23.7 Å². The maximum Gasteiger partial charge on any atom is 0.316 e. The summed E-state index contributed by atoms with van der Waals surface area (Å²) in [5.74, 6) is -1.04. The molecule has 8 heteroatoms. The van der Waals surface area contributed by atoms with Gasteiger partial charge in [0.05, 0.1) is 29.5 Å². The van der Waals surface area contributed by atoms with Gasteiger partial charge in [0.1, 0.15) is 6.10 Å². The van der Waals surface area contributed by atoms with Crippen molar-refractivity contribution in [2.75, 3.05) is 13.1 Å². The molecule has 4 rings (SSSR count). The van der Waals surface area contributed by atoms with Gasteiger partial charge < -0.3 is 14.6 Å². The SMILES string of the molecule is O=C(C(=O)N1CCCC(Oc2ncc(Cl)cn2)C1)c1c[nH]c2ccccc12. The number of fused-ring (bicyclic) bond motifs is 1. The molecule has 27 heavy (non-hydrogen) atoms. The Balaban J connectivity index is 1.46. The second-order valence-corrected chi connectivity index (χ2v) is 6.83. The minimum absolute atomic E-state index is 0.210. The lowest BCUT2D eigenvalue weighted by Gasteiger charge is -2.31. The zero-order valence-corrected chi connectivity index (χ0v) is 15.1. The number of ether oxygens (including phenoxy) is 1. The summed E-state index contributed by atoms with van der Waals surface area (Å²) in [6.45, 7) is 0.840. The van der Waals surface area contributed by atoms with E-state index in [-0.39, 0.29) is 12.1 Å². The summed E-state index contributed by atoms with van der Waals surface area (Å²) in [6.07, 6.45) is 5.73. The molecular weight excluding hydrogens is 368 g/mol. The number of aromatic amines is 1. The van der Waals surface area contributed by atoms with Crippen LogP contribution in [-0.4, -0.2) is 50.7 Å². The number of aromatic nitrogens is 3. The lowest BCUT2D eigenvalue weighted by atomic mass is 10.0. The van der Waals surface area contributed by atoms with Gasteiger partial charge >= 0.3 is 6.01 Å². The number of carbonyl (C=O) groups excluding carboxylic acids is 2. The molecule has 1 fully saturated rings. The number of carbonyl (C=O) groups is 2. The molecule has 1 aromatic carbocycles. The molecule has 0 saturated carbocycles. The number of piperidine rings is 1. The monoisotopic (exact) mass is 384 g/mol. The average molecular weight is 385 g/mol. The molecule has 2 aromatic heterocycles. The van der Waals surface area contributed by atoms with Crippen LogP contribution in [0.2, 0.25) is 5.02 Å². The number of ketones is 1. The fourth-order valence-electron chi connectivity index (χ4n) is 3.25. The van der Waals surface area contributed by atoms with E-state index in [0.29, 0.717) is 23.7 Å². The van der Waals surface area contributed by atoms with Gasteiger partial charge in [-0.3, -0.25) is 9.59 Å². The molecule has 1 amide bonds. The van der Waals surface area contributed by atoms with Gasteiger partial charge in [0.15, 0.2) is 0 Å². The van der Waals surface area contributed by atoms with Gasteiger partial charge in [0.25, 0.3) is 11.7 Å². The summed E-state index contributed by atoms with van der Waals surface area (Å²) in [7, 11) is 0. The van der Waals surface area contributed by atoms with Crippen molar-refractivity contribution < 1.29 is 14.3 Å². The molecule has 138 valence electrons. The van der Waals surface area contributed by atoms with Crippen LogP contribution in [-0.2, 0) is 4.79 Å². The summed E-state index contributed by atoms with van der Waals surface area (Å²) >= 11 is 5.77. The van der Waals surface area contributed by atoms with Gasteiger partial charge in [-0.15, -0.1) is 0 Å². The maximum atomic E-state index is 12.7. The first kappa shape index (κ1) is 17.5. The van der Waals surface area contributed by atoms with E-state index >= 15 is 0 Å². The van der Waals surface area contributed by atoms with Crippen LogP contribution in [0.4, 0.5) is 0 Å². The Labute approximate surface area is 160 Å². The van der Waals surface area contributed by atoms with Crippen LogP contribution in [0.1, 0.15) is 23.2 Å². The summed E-state index contributed by atoms with van der Waals surface area (Å²) in [4.78, 5) is 38.1. The summed E-state index contributed by atoms with van der Waals surface area (Å²) in [5, 5.41) is 1.17. The lowest BCUT2D eigenvalue weighted by Crippen LogP contribution is -2.47. The molecule has 1 N–H and O–H groups in total. The van der Waals surface area contributed by atoms with E-state index in [1.54, 1.807) is 6.20 Å². The fraction of sp³-hybridized carbons (Fsp3) is 0.263. The van der Waals surface area contributed by atoms with Gasteiger partial charge in [-0.2, -0.15) is 0 Å². The first-order valence-corrected chi connectivity index (χ1v) is 9.03. The molecule has 0 aliphatic carbocycles. The highest BCUT2D eigenvalue weighted by atomic mass is 35.5. The number of likely N-dealkylation sites (tertiary alicyclic amines) is 1. The van der Waals surface area contributed by atoms with Crippen molar-refractivity contribution in [1.29, 1.82) is 0 Å². The van der Waals surface area contributed by atoms with Crippen molar-refractivity contribution >= 4 is 34.2 Å². The minimum Gasteiger partial charge on any atom is -0.458 e. The molecule has 0 radical (unpaired) electrons. The largest absolute Gasteiger partial charge is 0.458 e. The summed E-state index contributed by atoms with van der Waals surface area (Å²) in [5.41, 5.74) is 1.22. The van der Waals surface area contributed by atoms with Crippen LogP contribution in [0.5, 0.6) is 6.01 Å². The number of amides is 1. The number of para-hydroxylation sites is 1. The molecule has 0 bridgehead atoms. The molecule has 7 nitrogen and oxygen atoms in total. The molecule has 1 aliphatic heterocycles. The molecule has 3 aromatic rings. The van der Waals surface area contributed by atoms with E-state index < -0.39 is 11.7 Å². The molecule has 0 spiro atoms. The molecular formula is C19H17ClN4O3. The van der Waals surface area contributed by atoms with E-state index in [4.69, 9.17) is 16.3 Å². The van der Waals surface area contributed by atoms with E-state index in [2.05, 4.69) is 15.0 Å². The number of H-pyrrole nitrogens is 1. The highest BCUT2D eigenvalue weighted by molar-refractivity contribution is 6.44. The highest BCUT2D eigenvalue weighted by Gasteiger charge is 2.30. The van der Waals surface area contributed by atoms with Crippen LogP contribution in [0.25, 0.3) is 10.9 Å². The third-order valence-corrected chi connectivity index (χ3v) is 4.76. The normalized spacial score (nSPS) is 17.1. The zero-order chi connectivity index (χ0) is 18.8. The maximum absolute atomic E-state index is 12.7. The van der Waals surface area contributed by atoms with E-state index in [9.17, 15) is 9.59 Å². The Morgan fingerprint density at radius 2 is 2.00 bits per heavy atom. The highest BCUT2D eigenvalue weighted by Crippen LogP contribution is 2.21. The Hall–Kier alpha value is -2.93. The van der Waals surface area contributed by atoms with Crippen molar-refractivity contribution in [2.45, 2.75) is 18.9 Å². The van der Waals surface area contributed by atoms with Gasteiger partial charge in [0, 0.05) is 23.6 Å². The van der Waals surface area contributed by atoms with E-state index in [1.807, 2.05) is 24.3 Å². The number of nitrogens with one attached hydrogen (secondary N) is 1. The predicted octanol–water partition coefficient (Wildman–Crippen LogP) is 2.86. The topological polar surface area (TPSA) is 88.2 Å². The number of Topliss-reactive ketones (excluding diaryl/α,β-unsaturated/α-hetero) is 1. The van der Waals surface area contributed by atoms with Crippen molar-refractivity contribution in [1.82, 2.24) is 19.9 Å². The van der Waals surface area contributed by atoms with E-state index in [1.165, 1.54) is 17.3 Å². The Bertz CT molecular complexity index is 986. The standard InChI is InChI=1S/C19H17ClN4O3/c20-12-8-22-19(23-9-12)27-13-4-3-7-24(11-13)18(26)17(25)15-10-21-16-6-2-1-5-14(15)16/h1-2,5-6,8-10,13,21H,3-4,7,11H2.